The average Bonchev–Trinajstić information content (AvgIpc) is 2.25. The lowest BCUT2D eigenvalue weighted by Gasteiger charge is -2.21. The summed E-state index contributed by atoms with van der Waals surface area (Å²) in [5.41, 5.74) is 1.19. The number of carboxylic acids is 1. The van der Waals surface area contributed by atoms with Gasteiger partial charge in [0.05, 0.1) is 5.92 Å². The van der Waals surface area contributed by atoms with Crippen molar-refractivity contribution in [2.24, 2.45) is 5.92 Å². The van der Waals surface area contributed by atoms with Crippen LogP contribution in [0.2, 0.25) is 0 Å². The van der Waals surface area contributed by atoms with Gasteiger partial charge in [0.1, 0.15) is 0 Å². The summed E-state index contributed by atoms with van der Waals surface area (Å²) in [7, 11) is 0. The molecule has 2 heteroatoms. The van der Waals surface area contributed by atoms with E-state index in [-0.39, 0.29) is 5.92 Å². The summed E-state index contributed by atoms with van der Waals surface area (Å²) < 4.78 is 0. The molecule has 1 atom stereocenters. The van der Waals surface area contributed by atoms with E-state index in [0.29, 0.717) is 0 Å². The maximum atomic E-state index is 11.0. The molecule has 0 heterocycles. The van der Waals surface area contributed by atoms with E-state index in [9.17, 15) is 4.79 Å². The zero-order chi connectivity index (χ0) is 11.1. The van der Waals surface area contributed by atoms with Crippen molar-refractivity contribution in [1.29, 1.82) is 0 Å². The molecule has 15 heavy (non-hydrogen) atoms. The first-order chi connectivity index (χ1) is 7.25. The molecule has 0 bridgehead atoms. The number of unbranched alkanes of at least 4 members (excludes halogenated alkanes) is 3. The van der Waals surface area contributed by atoms with Crippen LogP contribution in [-0.2, 0) is 4.79 Å². The van der Waals surface area contributed by atoms with Crippen molar-refractivity contribution in [3.8, 4) is 0 Å². The SMILES string of the molecule is CCCCCC=C1CCCCC1C(=O)O. The van der Waals surface area contributed by atoms with Gasteiger partial charge in [-0.05, 0) is 32.1 Å². The van der Waals surface area contributed by atoms with E-state index in [1.54, 1.807) is 0 Å². The molecular weight excluding hydrogens is 188 g/mol. The van der Waals surface area contributed by atoms with E-state index < -0.39 is 5.97 Å². The van der Waals surface area contributed by atoms with Crippen LogP contribution in [-0.4, -0.2) is 11.1 Å². The third-order valence-corrected chi connectivity index (χ3v) is 3.17. The molecule has 1 fully saturated rings. The van der Waals surface area contributed by atoms with Gasteiger partial charge < -0.3 is 5.11 Å². The molecule has 86 valence electrons. The molecule has 1 aliphatic carbocycles. The molecule has 0 radical (unpaired) electrons. The Morgan fingerprint density at radius 3 is 2.93 bits per heavy atom. The molecule has 1 aliphatic rings. The molecule has 0 aromatic carbocycles. The van der Waals surface area contributed by atoms with Gasteiger partial charge in [0.25, 0.3) is 0 Å². The minimum absolute atomic E-state index is 0.180. The highest BCUT2D eigenvalue weighted by Gasteiger charge is 2.24. The average molecular weight is 210 g/mol. The fourth-order valence-corrected chi connectivity index (χ4v) is 2.25. The normalized spacial score (nSPS) is 24.3. The number of hydrogen-bond donors (Lipinski definition) is 1. The highest BCUT2D eigenvalue weighted by Crippen LogP contribution is 2.30. The smallest absolute Gasteiger partial charge is 0.310 e. The van der Waals surface area contributed by atoms with Crippen molar-refractivity contribution in [3.05, 3.63) is 11.6 Å². The van der Waals surface area contributed by atoms with Gasteiger partial charge in [0.15, 0.2) is 0 Å². The van der Waals surface area contributed by atoms with E-state index in [0.717, 1.165) is 25.7 Å². The minimum atomic E-state index is -0.628. The first-order valence-corrected chi connectivity index (χ1v) is 6.17. The zero-order valence-electron chi connectivity index (χ0n) is 9.67. The number of rotatable bonds is 5. The van der Waals surface area contributed by atoms with Gasteiger partial charge in [0, 0.05) is 0 Å². The summed E-state index contributed by atoms with van der Waals surface area (Å²) in [6.45, 7) is 2.19. The number of aliphatic carboxylic acids is 1. The maximum absolute atomic E-state index is 11.0. The van der Waals surface area contributed by atoms with Gasteiger partial charge in [-0.2, -0.15) is 0 Å². The van der Waals surface area contributed by atoms with Crippen LogP contribution >= 0.6 is 0 Å². The lowest BCUT2D eigenvalue weighted by Crippen LogP contribution is -2.19. The van der Waals surface area contributed by atoms with Crippen LogP contribution in [0.5, 0.6) is 0 Å². The van der Waals surface area contributed by atoms with Crippen molar-refractivity contribution >= 4 is 5.97 Å². The summed E-state index contributed by atoms with van der Waals surface area (Å²) in [5, 5.41) is 9.07. The monoisotopic (exact) mass is 210 g/mol. The molecule has 0 aromatic heterocycles. The van der Waals surface area contributed by atoms with Crippen LogP contribution in [0.15, 0.2) is 11.6 Å². The fourth-order valence-electron chi connectivity index (χ4n) is 2.25. The van der Waals surface area contributed by atoms with Crippen LogP contribution < -0.4 is 0 Å². The van der Waals surface area contributed by atoms with Crippen LogP contribution in [0.4, 0.5) is 0 Å². The van der Waals surface area contributed by atoms with Crippen molar-refractivity contribution in [3.63, 3.8) is 0 Å². The zero-order valence-corrected chi connectivity index (χ0v) is 9.67. The molecule has 0 aromatic rings. The molecule has 0 aliphatic heterocycles. The van der Waals surface area contributed by atoms with Crippen LogP contribution in [0.25, 0.3) is 0 Å². The number of hydrogen-bond acceptors (Lipinski definition) is 1. The molecule has 0 spiro atoms. The Morgan fingerprint density at radius 1 is 1.47 bits per heavy atom. The van der Waals surface area contributed by atoms with Gasteiger partial charge in [-0.15, -0.1) is 0 Å². The Bertz CT molecular complexity index is 231. The molecule has 1 N–H and O–H groups in total. The lowest BCUT2D eigenvalue weighted by molar-refractivity contribution is -0.141. The van der Waals surface area contributed by atoms with Crippen LogP contribution in [0, 0.1) is 5.92 Å². The Kier molecular flexibility index (Phi) is 5.44. The summed E-state index contributed by atoms with van der Waals surface area (Å²) >= 11 is 0. The Labute approximate surface area is 92.4 Å². The second-order valence-corrected chi connectivity index (χ2v) is 4.41. The third kappa shape index (κ3) is 4.06. The van der Waals surface area contributed by atoms with Crippen LogP contribution in [0.1, 0.15) is 58.3 Å². The number of allylic oxidation sites excluding steroid dienone is 1. The van der Waals surface area contributed by atoms with Crippen molar-refractivity contribution in [2.75, 3.05) is 0 Å². The first kappa shape index (κ1) is 12.3. The van der Waals surface area contributed by atoms with E-state index in [2.05, 4.69) is 13.0 Å². The first-order valence-electron chi connectivity index (χ1n) is 6.17. The Balaban J connectivity index is 2.44. The van der Waals surface area contributed by atoms with Gasteiger partial charge in [0.2, 0.25) is 0 Å². The summed E-state index contributed by atoms with van der Waals surface area (Å²) in [6.07, 6.45) is 11.0. The van der Waals surface area contributed by atoms with Crippen LogP contribution in [0.3, 0.4) is 0 Å². The standard InChI is InChI=1S/C13H22O2/c1-2-3-4-5-8-11-9-6-7-10-12(11)13(14)15/h8,12H,2-7,9-10H2,1H3,(H,14,15). The lowest BCUT2D eigenvalue weighted by atomic mass is 9.83. The topological polar surface area (TPSA) is 37.3 Å². The summed E-state index contributed by atoms with van der Waals surface area (Å²) in [6, 6.07) is 0. The molecular formula is C13H22O2. The van der Waals surface area contributed by atoms with Gasteiger partial charge in [-0.1, -0.05) is 37.8 Å². The van der Waals surface area contributed by atoms with E-state index in [4.69, 9.17) is 5.11 Å². The molecule has 1 unspecified atom stereocenters. The molecule has 1 rings (SSSR count). The molecule has 1 saturated carbocycles. The summed E-state index contributed by atoms with van der Waals surface area (Å²) in [4.78, 5) is 11.0. The number of carbonyl (C=O) groups is 1. The fraction of sp³-hybridized carbons (Fsp3) is 0.769. The van der Waals surface area contributed by atoms with Gasteiger partial charge >= 0.3 is 5.97 Å². The quantitative estimate of drug-likeness (QED) is 0.554. The minimum Gasteiger partial charge on any atom is -0.481 e. The largest absolute Gasteiger partial charge is 0.481 e. The molecule has 2 nitrogen and oxygen atoms in total. The van der Waals surface area contributed by atoms with E-state index >= 15 is 0 Å². The second kappa shape index (κ2) is 6.65. The van der Waals surface area contributed by atoms with Crippen molar-refractivity contribution in [1.82, 2.24) is 0 Å². The predicted molar refractivity (Wildman–Crippen MR) is 61.8 cm³/mol. The van der Waals surface area contributed by atoms with Crippen molar-refractivity contribution < 1.29 is 9.90 Å². The van der Waals surface area contributed by atoms with Crippen molar-refractivity contribution in [2.45, 2.75) is 58.3 Å². The maximum Gasteiger partial charge on any atom is 0.310 e. The van der Waals surface area contributed by atoms with E-state index in [1.165, 1.54) is 31.3 Å². The number of carboxylic acid groups (broad SMARTS) is 1. The second-order valence-electron chi connectivity index (χ2n) is 4.41. The van der Waals surface area contributed by atoms with Gasteiger partial charge in [-0.25, -0.2) is 0 Å². The highest BCUT2D eigenvalue weighted by molar-refractivity contribution is 5.73. The molecule has 0 amide bonds. The Hall–Kier alpha value is -0.790. The predicted octanol–water partition coefficient (Wildman–Crippen LogP) is 3.77. The van der Waals surface area contributed by atoms with E-state index in [1.807, 2.05) is 0 Å². The Morgan fingerprint density at radius 2 is 2.27 bits per heavy atom. The molecule has 0 saturated heterocycles. The highest BCUT2D eigenvalue weighted by atomic mass is 16.4. The summed E-state index contributed by atoms with van der Waals surface area (Å²) in [5.74, 6) is -0.809. The third-order valence-electron chi connectivity index (χ3n) is 3.17. The van der Waals surface area contributed by atoms with Gasteiger partial charge in [-0.3, -0.25) is 4.79 Å².